The van der Waals surface area contributed by atoms with E-state index in [4.69, 9.17) is 5.73 Å². The predicted molar refractivity (Wildman–Crippen MR) is 80.9 cm³/mol. The highest BCUT2D eigenvalue weighted by Crippen LogP contribution is 2.28. The fourth-order valence-corrected chi connectivity index (χ4v) is 2.95. The van der Waals surface area contributed by atoms with Crippen molar-refractivity contribution < 1.29 is 0 Å². The third-order valence-electron chi connectivity index (χ3n) is 2.43. The van der Waals surface area contributed by atoms with Crippen molar-refractivity contribution in [2.24, 2.45) is 0 Å². The van der Waals surface area contributed by atoms with Gasteiger partial charge in [-0.05, 0) is 17.7 Å². The van der Waals surface area contributed by atoms with E-state index in [0.717, 1.165) is 15.2 Å². The predicted octanol–water partition coefficient (Wildman–Crippen LogP) is 3.78. The summed E-state index contributed by atoms with van der Waals surface area (Å²) in [6, 6.07) is 8.18. The summed E-state index contributed by atoms with van der Waals surface area (Å²) in [6.45, 7) is 5.00. The minimum absolute atomic E-state index is 0.510. The summed E-state index contributed by atoms with van der Waals surface area (Å²) in [7, 11) is 0. The van der Waals surface area contributed by atoms with Gasteiger partial charge in [0.2, 0.25) is 0 Å². The van der Waals surface area contributed by atoms with Crippen molar-refractivity contribution in [3.05, 3.63) is 40.5 Å². The van der Waals surface area contributed by atoms with E-state index in [0.29, 0.717) is 11.8 Å². The van der Waals surface area contributed by atoms with Crippen LogP contribution in [-0.4, -0.2) is 15.0 Å². The fourth-order valence-electron chi connectivity index (χ4n) is 1.66. The summed E-state index contributed by atoms with van der Waals surface area (Å²) in [6.07, 6.45) is 1.85. The molecule has 0 saturated carbocycles. The average molecular weight is 326 g/mol. The number of anilines is 1. The summed E-state index contributed by atoms with van der Waals surface area (Å²) in [4.78, 5) is 1.06. The van der Waals surface area contributed by atoms with Gasteiger partial charge in [-0.1, -0.05) is 41.9 Å². The van der Waals surface area contributed by atoms with Crippen LogP contribution < -0.4 is 5.73 Å². The van der Waals surface area contributed by atoms with Crippen LogP contribution in [0, 0.1) is 0 Å². The van der Waals surface area contributed by atoms with Crippen LogP contribution in [0.2, 0.25) is 0 Å². The fraction of sp³-hybridized carbons (Fsp3) is 0.308. The minimum atomic E-state index is 0.510. The van der Waals surface area contributed by atoms with Crippen LogP contribution in [0.1, 0.15) is 19.4 Å². The molecule has 0 saturated heterocycles. The lowest BCUT2D eigenvalue weighted by Gasteiger charge is -2.07. The maximum atomic E-state index is 6.11. The van der Waals surface area contributed by atoms with Crippen molar-refractivity contribution >= 4 is 33.5 Å². The smallest absolute Gasteiger partial charge is 0.135 e. The van der Waals surface area contributed by atoms with Gasteiger partial charge in [-0.2, -0.15) is 5.10 Å². The van der Waals surface area contributed by atoms with Gasteiger partial charge in [-0.25, -0.2) is 4.68 Å². The molecular weight excluding hydrogens is 310 g/mol. The zero-order chi connectivity index (χ0) is 13.1. The molecule has 1 heterocycles. The number of nitrogens with two attached hydrogens (primary N) is 1. The van der Waals surface area contributed by atoms with Crippen LogP contribution in [0.15, 0.2) is 39.8 Å². The van der Waals surface area contributed by atoms with Crippen LogP contribution in [-0.2, 0) is 6.54 Å². The van der Waals surface area contributed by atoms with E-state index in [-0.39, 0.29) is 0 Å². The molecule has 0 bridgehead atoms. The molecule has 0 spiro atoms. The molecule has 18 heavy (non-hydrogen) atoms. The van der Waals surface area contributed by atoms with E-state index in [1.807, 2.05) is 23.0 Å². The van der Waals surface area contributed by atoms with Crippen LogP contribution in [0.25, 0.3) is 0 Å². The number of rotatable bonds is 4. The quantitative estimate of drug-likeness (QED) is 0.870. The summed E-state index contributed by atoms with van der Waals surface area (Å²) in [5.74, 6) is 0.744. The van der Waals surface area contributed by atoms with Crippen molar-refractivity contribution in [2.45, 2.75) is 30.5 Å². The van der Waals surface area contributed by atoms with Gasteiger partial charge >= 0.3 is 0 Å². The number of thioether (sulfide) groups is 1. The van der Waals surface area contributed by atoms with Crippen LogP contribution in [0.5, 0.6) is 0 Å². The molecule has 0 aliphatic rings. The van der Waals surface area contributed by atoms with Crippen molar-refractivity contribution in [1.29, 1.82) is 0 Å². The second kappa shape index (κ2) is 5.80. The van der Waals surface area contributed by atoms with Gasteiger partial charge < -0.3 is 5.73 Å². The highest BCUT2D eigenvalue weighted by molar-refractivity contribution is 9.10. The maximum absolute atomic E-state index is 6.11. The van der Waals surface area contributed by atoms with E-state index in [1.165, 1.54) is 5.56 Å². The molecule has 2 rings (SSSR count). The van der Waals surface area contributed by atoms with Gasteiger partial charge in [0, 0.05) is 9.72 Å². The molecule has 0 aliphatic heterocycles. The van der Waals surface area contributed by atoms with Crippen molar-refractivity contribution in [3.63, 3.8) is 0 Å². The van der Waals surface area contributed by atoms with Crippen LogP contribution >= 0.6 is 27.7 Å². The standard InChI is InChI=1S/C13H16BrN3S/c1-9(2)18-12-7-16-17(13(12)15)8-10-4-3-5-11(14)6-10/h3-7,9H,8,15H2,1-2H3. The van der Waals surface area contributed by atoms with E-state index >= 15 is 0 Å². The topological polar surface area (TPSA) is 43.8 Å². The van der Waals surface area contributed by atoms with Crippen LogP contribution in [0.4, 0.5) is 5.82 Å². The van der Waals surface area contributed by atoms with E-state index in [9.17, 15) is 0 Å². The van der Waals surface area contributed by atoms with E-state index in [2.05, 4.69) is 47.0 Å². The Bertz CT molecular complexity index is 537. The Kier molecular flexibility index (Phi) is 4.35. The summed E-state index contributed by atoms with van der Waals surface area (Å²) >= 11 is 5.21. The average Bonchev–Trinajstić information content (AvgIpc) is 2.61. The number of benzene rings is 1. The summed E-state index contributed by atoms with van der Waals surface area (Å²) in [5, 5.41) is 4.86. The summed E-state index contributed by atoms with van der Waals surface area (Å²) in [5.41, 5.74) is 7.29. The first-order chi connectivity index (χ1) is 8.56. The van der Waals surface area contributed by atoms with Gasteiger partial charge in [0.15, 0.2) is 0 Å². The Labute approximate surface area is 120 Å². The van der Waals surface area contributed by atoms with Crippen molar-refractivity contribution in [3.8, 4) is 0 Å². The number of aromatic nitrogens is 2. The Morgan fingerprint density at radius 2 is 2.22 bits per heavy atom. The summed E-state index contributed by atoms with van der Waals surface area (Å²) < 4.78 is 2.91. The highest BCUT2D eigenvalue weighted by atomic mass is 79.9. The molecule has 1 aromatic carbocycles. The first-order valence-corrected chi connectivity index (χ1v) is 7.46. The number of nitrogen functional groups attached to an aromatic ring is 1. The largest absolute Gasteiger partial charge is 0.383 e. The molecule has 2 aromatic rings. The highest BCUT2D eigenvalue weighted by Gasteiger charge is 2.09. The molecular formula is C13H16BrN3S. The lowest BCUT2D eigenvalue weighted by Crippen LogP contribution is -2.06. The van der Waals surface area contributed by atoms with E-state index < -0.39 is 0 Å². The lowest BCUT2D eigenvalue weighted by molar-refractivity contribution is 0.696. The molecule has 96 valence electrons. The second-order valence-corrected chi connectivity index (χ2v) is 6.88. The molecule has 5 heteroatoms. The van der Waals surface area contributed by atoms with Crippen molar-refractivity contribution in [2.75, 3.05) is 5.73 Å². The molecule has 0 atom stereocenters. The van der Waals surface area contributed by atoms with E-state index in [1.54, 1.807) is 11.8 Å². The molecule has 1 aromatic heterocycles. The van der Waals surface area contributed by atoms with Crippen molar-refractivity contribution in [1.82, 2.24) is 9.78 Å². The normalized spacial score (nSPS) is 11.1. The third kappa shape index (κ3) is 3.29. The number of nitrogens with zero attached hydrogens (tertiary/aromatic N) is 2. The minimum Gasteiger partial charge on any atom is -0.383 e. The van der Waals surface area contributed by atoms with Gasteiger partial charge in [0.25, 0.3) is 0 Å². The van der Waals surface area contributed by atoms with Crippen LogP contribution in [0.3, 0.4) is 0 Å². The Morgan fingerprint density at radius 1 is 1.44 bits per heavy atom. The Morgan fingerprint density at radius 3 is 2.89 bits per heavy atom. The first kappa shape index (κ1) is 13.5. The van der Waals surface area contributed by atoms with Gasteiger partial charge in [0.05, 0.1) is 17.6 Å². The first-order valence-electron chi connectivity index (χ1n) is 5.78. The molecule has 0 radical (unpaired) electrons. The Hall–Kier alpha value is -0.940. The second-order valence-electron chi connectivity index (χ2n) is 4.35. The zero-order valence-corrected chi connectivity index (χ0v) is 12.8. The molecule has 2 N–H and O–H groups in total. The maximum Gasteiger partial charge on any atom is 0.135 e. The number of hydrogen-bond donors (Lipinski definition) is 1. The Balaban J connectivity index is 2.17. The third-order valence-corrected chi connectivity index (χ3v) is 3.96. The molecule has 0 amide bonds. The monoisotopic (exact) mass is 325 g/mol. The van der Waals surface area contributed by atoms with Gasteiger partial charge in [-0.15, -0.1) is 11.8 Å². The molecule has 0 unspecified atom stereocenters. The van der Waals surface area contributed by atoms with Gasteiger partial charge in [-0.3, -0.25) is 0 Å². The number of halogens is 1. The molecule has 0 aliphatic carbocycles. The SMILES string of the molecule is CC(C)Sc1cnn(Cc2cccc(Br)c2)c1N. The zero-order valence-electron chi connectivity index (χ0n) is 10.4. The lowest BCUT2D eigenvalue weighted by atomic mass is 10.2. The molecule has 0 fully saturated rings. The van der Waals surface area contributed by atoms with Gasteiger partial charge in [0.1, 0.15) is 5.82 Å². The number of hydrogen-bond acceptors (Lipinski definition) is 3. The molecule has 3 nitrogen and oxygen atoms in total.